The molecular formula is C53H101NO8P+. The van der Waals surface area contributed by atoms with Crippen molar-refractivity contribution in [2.45, 2.75) is 245 Å². The Labute approximate surface area is 389 Å². The van der Waals surface area contributed by atoms with Crippen molar-refractivity contribution in [1.82, 2.24) is 0 Å². The topological polar surface area (TPSA) is 108 Å². The number of esters is 2. The number of ether oxygens (including phenoxy) is 2. The first-order valence-electron chi connectivity index (χ1n) is 26.2. The molecule has 10 heteroatoms. The van der Waals surface area contributed by atoms with Crippen molar-refractivity contribution in [3.8, 4) is 0 Å². The van der Waals surface area contributed by atoms with Crippen LogP contribution < -0.4 is 0 Å². The van der Waals surface area contributed by atoms with Gasteiger partial charge in [0, 0.05) is 12.8 Å². The van der Waals surface area contributed by atoms with Crippen LogP contribution in [0.15, 0.2) is 36.5 Å². The van der Waals surface area contributed by atoms with Crippen LogP contribution in [-0.2, 0) is 32.7 Å². The van der Waals surface area contributed by atoms with E-state index in [1.165, 1.54) is 141 Å². The number of allylic oxidation sites excluding steroid dienone is 6. The third-order valence-corrected chi connectivity index (χ3v) is 12.4. The molecule has 0 fully saturated rings. The van der Waals surface area contributed by atoms with Crippen molar-refractivity contribution < 1.29 is 42.1 Å². The van der Waals surface area contributed by atoms with Gasteiger partial charge < -0.3 is 18.9 Å². The van der Waals surface area contributed by atoms with Gasteiger partial charge in [0.05, 0.1) is 27.7 Å². The van der Waals surface area contributed by atoms with Gasteiger partial charge in [0.15, 0.2) is 6.10 Å². The van der Waals surface area contributed by atoms with Crippen LogP contribution in [0.1, 0.15) is 239 Å². The number of hydrogen-bond acceptors (Lipinski definition) is 7. The van der Waals surface area contributed by atoms with E-state index in [-0.39, 0.29) is 32.0 Å². The second-order valence-corrected chi connectivity index (χ2v) is 20.4. The number of hydrogen-bond donors (Lipinski definition) is 1. The monoisotopic (exact) mass is 911 g/mol. The average Bonchev–Trinajstić information content (AvgIpc) is 3.24. The van der Waals surface area contributed by atoms with Gasteiger partial charge in [-0.25, -0.2) is 4.57 Å². The highest BCUT2D eigenvalue weighted by atomic mass is 31.2. The van der Waals surface area contributed by atoms with E-state index >= 15 is 0 Å². The zero-order valence-electron chi connectivity index (χ0n) is 41.8. The van der Waals surface area contributed by atoms with Gasteiger partial charge >= 0.3 is 19.8 Å². The highest BCUT2D eigenvalue weighted by Gasteiger charge is 2.27. The summed E-state index contributed by atoms with van der Waals surface area (Å²) in [7, 11) is 1.47. The molecule has 9 nitrogen and oxygen atoms in total. The lowest BCUT2D eigenvalue weighted by Crippen LogP contribution is -2.37. The number of phosphoric ester groups is 1. The van der Waals surface area contributed by atoms with Crippen molar-refractivity contribution in [1.29, 1.82) is 0 Å². The van der Waals surface area contributed by atoms with Gasteiger partial charge in [-0.05, 0) is 64.2 Å². The minimum Gasteiger partial charge on any atom is -0.462 e. The molecule has 370 valence electrons. The van der Waals surface area contributed by atoms with E-state index in [1.54, 1.807) is 0 Å². The number of rotatable bonds is 48. The van der Waals surface area contributed by atoms with Crippen LogP contribution in [0.4, 0.5) is 0 Å². The summed E-state index contributed by atoms with van der Waals surface area (Å²) in [6, 6.07) is 0. The van der Waals surface area contributed by atoms with Gasteiger partial charge in [0.2, 0.25) is 0 Å². The summed E-state index contributed by atoms with van der Waals surface area (Å²) in [5.74, 6) is -0.808. The summed E-state index contributed by atoms with van der Waals surface area (Å²) in [5, 5.41) is 0. The van der Waals surface area contributed by atoms with Gasteiger partial charge in [-0.15, -0.1) is 0 Å². The van der Waals surface area contributed by atoms with Crippen LogP contribution in [0.25, 0.3) is 0 Å². The molecular weight excluding hydrogens is 810 g/mol. The second-order valence-electron chi connectivity index (χ2n) is 18.9. The van der Waals surface area contributed by atoms with Crippen molar-refractivity contribution in [2.75, 3.05) is 47.5 Å². The molecule has 0 radical (unpaired) electrons. The number of quaternary nitrogens is 1. The van der Waals surface area contributed by atoms with Crippen LogP contribution in [0.3, 0.4) is 0 Å². The largest absolute Gasteiger partial charge is 0.472 e. The fourth-order valence-corrected chi connectivity index (χ4v) is 8.00. The molecule has 0 aliphatic carbocycles. The molecule has 0 spiro atoms. The SMILES string of the molecule is CCCC/C=C\C/C=C\CCCCCCCC(=O)OC(COC(=O)CCCCCCCCCCCCCCC/C=C\CCCCCCCCCC)COP(=O)(O)OCC[N+](C)(C)C. The maximum absolute atomic E-state index is 12.7. The Bertz CT molecular complexity index is 1170. The Morgan fingerprint density at radius 3 is 1.32 bits per heavy atom. The summed E-state index contributed by atoms with van der Waals surface area (Å²) in [6.45, 7) is 4.39. The van der Waals surface area contributed by atoms with E-state index in [4.69, 9.17) is 18.5 Å². The molecule has 0 bridgehead atoms. The van der Waals surface area contributed by atoms with Crippen molar-refractivity contribution in [3.05, 3.63) is 36.5 Å². The fraction of sp³-hybridized carbons (Fsp3) is 0.849. The minimum atomic E-state index is -4.38. The van der Waals surface area contributed by atoms with Gasteiger partial charge in [-0.2, -0.15) is 0 Å². The smallest absolute Gasteiger partial charge is 0.462 e. The molecule has 0 saturated heterocycles. The Hall–Kier alpha value is -1.77. The number of phosphoric acid groups is 1. The van der Waals surface area contributed by atoms with E-state index < -0.39 is 26.5 Å². The summed E-state index contributed by atoms with van der Waals surface area (Å²) < 4.78 is 34.4. The van der Waals surface area contributed by atoms with Gasteiger partial charge in [-0.1, -0.05) is 198 Å². The number of nitrogens with zero attached hydrogens (tertiary/aromatic N) is 1. The summed E-state index contributed by atoms with van der Waals surface area (Å²) in [6.07, 6.45) is 53.5. The van der Waals surface area contributed by atoms with Crippen molar-refractivity contribution >= 4 is 19.8 Å². The van der Waals surface area contributed by atoms with E-state index in [0.29, 0.717) is 17.4 Å². The van der Waals surface area contributed by atoms with Crippen LogP contribution >= 0.6 is 7.82 Å². The zero-order chi connectivity index (χ0) is 46.4. The summed E-state index contributed by atoms with van der Waals surface area (Å²) in [4.78, 5) is 35.5. The standard InChI is InChI=1S/C53H100NO8P/c1-6-8-10-12-14-16-18-20-22-23-24-25-26-27-28-29-30-31-32-34-35-37-39-41-43-45-52(55)59-49-51(50-61-63(57,58)60-48-47-54(3,4)5)62-53(56)46-44-42-40-38-36-33-21-19-17-15-13-11-9-7-2/h13,15,19,21,23-24,51H,6-12,14,16-18,20,22,25-50H2,1-5H3/p+1/b15-13-,21-19-,24-23-. The molecule has 2 unspecified atom stereocenters. The highest BCUT2D eigenvalue weighted by Crippen LogP contribution is 2.43. The zero-order valence-corrected chi connectivity index (χ0v) is 42.7. The van der Waals surface area contributed by atoms with Crippen molar-refractivity contribution in [3.63, 3.8) is 0 Å². The highest BCUT2D eigenvalue weighted by molar-refractivity contribution is 7.47. The van der Waals surface area contributed by atoms with Gasteiger partial charge in [-0.3, -0.25) is 18.6 Å². The predicted molar refractivity (Wildman–Crippen MR) is 266 cm³/mol. The maximum atomic E-state index is 12.7. The Morgan fingerprint density at radius 2 is 0.873 bits per heavy atom. The predicted octanol–water partition coefficient (Wildman–Crippen LogP) is 15.6. The van der Waals surface area contributed by atoms with E-state index in [0.717, 1.165) is 64.2 Å². The van der Waals surface area contributed by atoms with Crippen LogP contribution in [0, 0.1) is 0 Å². The quantitative estimate of drug-likeness (QED) is 0.0211. The normalized spacial score (nSPS) is 13.7. The maximum Gasteiger partial charge on any atom is 0.472 e. The Balaban J connectivity index is 4.15. The molecule has 1 N–H and O–H groups in total. The minimum absolute atomic E-state index is 0.0293. The second kappa shape index (κ2) is 45.4. The summed E-state index contributed by atoms with van der Waals surface area (Å²) >= 11 is 0. The first-order chi connectivity index (χ1) is 30.5. The molecule has 0 amide bonds. The molecule has 0 saturated carbocycles. The number of likely N-dealkylation sites (N-methyl/N-ethyl adjacent to an activating group) is 1. The average molecular weight is 911 g/mol. The van der Waals surface area contributed by atoms with Gasteiger partial charge in [0.1, 0.15) is 19.8 Å². The van der Waals surface area contributed by atoms with Crippen LogP contribution in [0.2, 0.25) is 0 Å². The van der Waals surface area contributed by atoms with E-state index in [9.17, 15) is 19.0 Å². The van der Waals surface area contributed by atoms with Crippen LogP contribution in [-0.4, -0.2) is 74.9 Å². The molecule has 0 aliphatic rings. The third-order valence-electron chi connectivity index (χ3n) is 11.4. The lowest BCUT2D eigenvalue weighted by Gasteiger charge is -2.24. The number of carbonyl (C=O) groups excluding carboxylic acids is 2. The molecule has 0 aromatic carbocycles. The first-order valence-corrected chi connectivity index (χ1v) is 27.7. The Morgan fingerprint density at radius 1 is 0.492 bits per heavy atom. The van der Waals surface area contributed by atoms with E-state index in [2.05, 4.69) is 50.3 Å². The summed E-state index contributed by atoms with van der Waals surface area (Å²) in [5.41, 5.74) is 0. The van der Waals surface area contributed by atoms with Crippen molar-refractivity contribution in [2.24, 2.45) is 0 Å². The molecule has 0 heterocycles. The lowest BCUT2D eigenvalue weighted by atomic mass is 10.0. The van der Waals surface area contributed by atoms with E-state index in [1.807, 2.05) is 21.1 Å². The van der Waals surface area contributed by atoms with Crippen LogP contribution in [0.5, 0.6) is 0 Å². The van der Waals surface area contributed by atoms with Gasteiger partial charge in [0.25, 0.3) is 0 Å². The molecule has 0 rings (SSSR count). The third kappa shape index (κ3) is 49.5. The Kier molecular flexibility index (Phi) is 44.1. The molecule has 63 heavy (non-hydrogen) atoms. The fourth-order valence-electron chi connectivity index (χ4n) is 7.26. The number of unbranched alkanes of at least 4 members (excludes halogenated alkanes) is 28. The molecule has 0 aromatic rings. The molecule has 0 aliphatic heterocycles. The lowest BCUT2D eigenvalue weighted by molar-refractivity contribution is -0.870. The number of carbonyl (C=O) groups is 2. The first kappa shape index (κ1) is 61.2. The molecule has 2 atom stereocenters. The molecule has 0 aromatic heterocycles.